The van der Waals surface area contributed by atoms with Gasteiger partial charge in [-0.2, -0.15) is 4.98 Å². The Labute approximate surface area is 210 Å². The number of ether oxygens (including phenoxy) is 2. The smallest absolute Gasteiger partial charge is 0.226 e. The fourth-order valence-electron chi connectivity index (χ4n) is 4.38. The number of hydrogen-bond donors (Lipinski definition) is 1. The van der Waals surface area contributed by atoms with Crippen LogP contribution in [0.5, 0.6) is 17.2 Å². The molecule has 3 aromatic carbocycles. The number of fused-ring (bicyclic) bond motifs is 1. The zero-order chi connectivity index (χ0) is 24.4. The van der Waals surface area contributed by atoms with Crippen molar-refractivity contribution >= 4 is 28.9 Å². The van der Waals surface area contributed by atoms with Crippen LogP contribution in [-0.2, 0) is 12.0 Å². The van der Waals surface area contributed by atoms with Crippen LogP contribution in [0.3, 0.4) is 0 Å². The molecule has 0 saturated carbocycles. The topological polar surface area (TPSA) is 59.5 Å². The molecule has 0 bridgehead atoms. The number of aromatic nitrogens is 2. The molecule has 0 spiro atoms. The van der Waals surface area contributed by atoms with Gasteiger partial charge in [0.15, 0.2) is 0 Å². The highest BCUT2D eigenvalue weighted by molar-refractivity contribution is 6.28. The Morgan fingerprint density at radius 1 is 0.886 bits per heavy atom. The minimum Gasteiger partial charge on any atom is -0.497 e. The average Bonchev–Trinajstić information content (AvgIpc) is 3.14. The van der Waals surface area contributed by atoms with E-state index in [2.05, 4.69) is 34.0 Å². The third-order valence-corrected chi connectivity index (χ3v) is 6.26. The summed E-state index contributed by atoms with van der Waals surface area (Å²) in [7, 11) is 1.66. The van der Waals surface area contributed by atoms with Crippen molar-refractivity contribution in [2.75, 3.05) is 23.9 Å². The maximum Gasteiger partial charge on any atom is 0.226 e. The number of nitrogens with one attached hydrogen (secondary N) is 1. The van der Waals surface area contributed by atoms with Crippen molar-refractivity contribution in [3.8, 4) is 17.2 Å². The van der Waals surface area contributed by atoms with Crippen LogP contribution in [0.1, 0.15) is 25.0 Å². The van der Waals surface area contributed by atoms with E-state index in [9.17, 15) is 0 Å². The molecule has 5 rings (SSSR count). The Bertz CT molecular complexity index is 1310. The number of halogens is 1. The summed E-state index contributed by atoms with van der Waals surface area (Å²) in [4.78, 5) is 11.4. The fourth-order valence-corrected chi connectivity index (χ4v) is 4.54. The largest absolute Gasteiger partial charge is 0.497 e. The Balaban J connectivity index is 1.40. The van der Waals surface area contributed by atoms with Gasteiger partial charge >= 0.3 is 0 Å². The number of methoxy groups -OCH3 is 1. The highest BCUT2D eigenvalue weighted by Crippen LogP contribution is 2.46. The number of nitrogens with zero attached hydrogens (tertiary/aromatic N) is 3. The SMILES string of the molecule is COc1ccc(CNc2nc(Cl)nc3c2C(C)(C)CN3c2ccc(Oc3ccccc3)cc2)cc1. The van der Waals surface area contributed by atoms with Crippen molar-refractivity contribution in [3.05, 3.63) is 95.3 Å². The fraction of sp³-hybridized carbons (Fsp3) is 0.214. The molecule has 1 aromatic heterocycles. The van der Waals surface area contributed by atoms with Crippen molar-refractivity contribution < 1.29 is 9.47 Å². The lowest BCUT2D eigenvalue weighted by Crippen LogP contribution is -2.25. The van der Waals surface area contributed by atoms with Gasteiger partial charge in [0, 0.05) is 29.8 Å². The lowest BCUT2D eigenvalue weighted by molar-refractivity contribution is 0.414. The number of anilines is 3. The molecule has 35 heavy (non-hydrogen) atoms. The molecule has 2 heterocycles. The van der Waals surface area contributed by atoms with Crippen LogP contribution in [-0.4, -0.2) is 23.6 Å². The molecule has 0 unspecified atom stereocenters. The minimum atomic E-state index is -0.179. The van der Waals surface area contributed by atoms with Gasteiger partial charge in [-0.25, -0.2) is 4.98 Å². The first-order valence-electron chi connectivity index (χ1n) is 11.5. The molecule has 1 N–H and O–H groups in total. The predicted octanol–water partition coefficient (Wildman–Crippen LogP) is 6.97. The average molecular weight is 487 g/mol. The molecular formula is C28H27ClN4O2. The quantitative estimate of drug-likeness (QED) is 0.284. The van der Waals surface area contributed by atoms with Crippen LogP contribution in [0, 0.1) is 0 Å². The van der Waals surface area contributed by atoms with E-state index in [1.54, 1.807) is 7.11 Å². The Morgan fingerprint density at radius 2 is 1.54 bits per heavy atom. The monoisotopic (exact) mass is 486 g/mol. The van der Waals surface area contributed by atoms with Crippen molar-refractivity contribution in [3.63, 3.8) is 0 Å². The van der Waals surface area contributed by atoms with Gasteiger partial charge in [-0.15, -0.1) is 0 Å². The predicted molar refractivity (Wildman–Crippen MR) is 140 cm³/mol. The van der Waals surface area contributed by atoms with Gasteiger partial charge in [0.25, 0.3) is 0 Å². The van der Waals surface area contributed by atoms with E-state index in [4.69, 9.17) is 21.1 Å². The summed E-state index contributed by atoms with van der Waals surface area (Å²) < 4.78 is 11.2. The summed E-state index contributed by atoms with van der Waals surface area (Å²) in [5.41, 5.74) is 3.02. The Morgan fingerprint density at radius 3 is 2.23 bits per heavy atom. The van der Waals surface area contributed by atoms with Gasteiger partial charge in [-0.1, -0.05) is 44.2 Å². The van der Waals surface area contributed by atoms with Gasteiger partial charge in [0.2, 0.25) is 5.28 Å². The Hall–Kier alpha value is -3.77. The number of rotatable bonds is 7. The summed E-state index contributed by atoms with van der Waals surface area (Å²) in [5.74, 6) is 3.99. The van der Waals surface area contributed by atoms with E-state index in [1.165, 1.54) is 0 Å². The summed E-state index contributed by atoms with van der Waals surface area (Å²) in [6.07, 6.45) is 0. The second kappa shape index (κ2) is 9.47. The van der Waals surface area contributed by atoms with Crippen LogP contribution >= 0.6 is 11.6 Å². The maximum absolute atomic E-state index is 6.39. The molecule has 6 nitrogen and oxygen atoms in total. The van der Waals surface area contributed by atoms with Crippen molar-refractivity contribution in [2.24, 2.45) is 0 Å². The van der Waals surface area contributed by atoms with Crippen molar-refractivity contribution in [2.45, 2.75) is 25.8 Å². The third kappa shape index (κ3) is 4.88. The van der Waals surface area contributed by atoms with E-state index in [0.717, 1.165) is 52.2 Å². The second-order valence-electron chi connectivity index (χ2n) is 9.12. The molecule has 0 fully saturated rings. The molecule has 0 amide bonds. The number of hydrogen-bond acceptors (Lipinski definition) is 6. The van der Waals surface area contributed by atoms with Gasteiger partial charge in [0.1, 0.15) is 28.9 Å². The van der Waals surface area contributed by atoms with Crippen LogP contribution in [0.4, 0.5) is 17.3 Å². The lowest BCUT2D eigenvalue weighted by Gasteiger charge is -2.22. The molecule has 0 aliphatic carbocycles. The molecule has 0 atom stereocenters. The lowest BCUT2D eigenvalue weighted by atomic mass is 9.88. The first-order chi connectivity index (χ1) is 16.9. The van der Waals surface area contributed by atoms with Crippen LogP contribution in [0.25, 0.3) is 0 Å². The summed E-state index contributed by atoms with van der Waals surface area (Å²) >= 11 is 6.39. The normalized spacial score (nSPS) is 13.9. The third-order valence-electron chi connectivity index (χ3n) is 6.09. The van der Waals surface area contributed by atoms with Crippen LogP contribution in [0.2, 0.25) is 5.28 Å². The summed E-state index contributed by atoms with van der Waals surface area (Å²) in [6.45, 7) is 5.78. The Kier molecular flexibility index (Phi) is 6.22. The standard InChI is InChI=1S/C28H27ClN4O2/c1-28(2)18-33(20-11-15-23(16-12-20)35-22-7-5-4-6-8-22)26-24(28)25(31-27(29)32-26)30-17-19-9-13-21(34-3)14-10-19/h4-16H,17-18H2,1-3H3,(H,30,31,32). The molecule has 178 valence electrons. The van der Waals surface area contributed by atoms with E-state index in [0.29, 0.717) is 6.54 Å². The second-order valence-corrected chi connectivity index (χ2v) is 9.46. The van der Waals surface area contributed by atoms with E-state index >= 15 is 0 Å². The van der Waals surface area contributed by atoms with Gasteiger partial charge < -0.3 is 19.7 Å². The first kappa shape index (κ1) is 23.0. The zero-order valence-electron chi connectivity index (χ0n) is 20.0. The van der Waals surface area contributed by atoms with Gasteiger partial charge in [0.05, 0.1) is 7.11 Å². The zero-order valence-corrected chi connectivity index (χ0v) is 20.7. The van der Waals surface area contributed by atoms with Gasteiger partial charge in [-0.05, 0) is 65.7 Å². The van der Waals surface area contributed by atoms with Crippen LogP contribution < -0.4 is 19.7 Å². The molecule has 0 radical (unpaired) electrons. The molecule has 4 aromatic rings. The maximum atomic E-state index is 6.39. The number of benzene rings is 3. The van der Waals surface area contributed by atoms with Crippen molar-refractivity contribution in [1.82, 2.24) is 9.97 Å². The van der Waals surface area contributed by atoms with E-state index in [-0.39, 0.29) is 10.7 Å². The molecule has 1 aliphatic rings. The minimum absolute atomic E-state index is 0.179. The molecule has 1 aliphatic heterocycles. The van der Waals surface area contributed by atoms with E-state index in [1.807, 2.05) is 78.9 Å². The molecule has 0 saturated heterocycles. The molecule has 7 heteroatoms. The van der Waals surface area contributed by atoms with E-state index < -0.39 is 0 Å². The summed E-state index contributed by atoms with van der Waals surface area (Å²) in [5, 5.41) is 3.70. The van der Waals surface area contributed by atoms with Crippen molar-refractivity contribution in [1.29, 1.82) is 0 Å². The first-order valence-corrected chi connectivity index (χ1v) is 11.9. The highest BCUT2D eigenvalue weighted by Gasteiger charge is 2.40. The van der Waals surface area contributed by atoms with Gasteiger partial charge in [-0.3, -0.25) is 0 Å². The van der Waals surface area contributed by atoms with Crippen LogP contribution in [0.15, 0.2) is 78.9 Å². The highest BCUT2D eigenvalue weighted by atomic mass is 35.5. The number of para-hydroxylation sites is 1. The molecular weight excluding hydrogens is 460 g/mol. The summed E-state index contributed by atoms with van der Waals surface area (Å²) in [6, 6.07) is 25.8.